The molecule has 1 aromatic carbocycles. The summed E-state index contributed by atoms with van der Waals surface area (Å²) >= 11 is 0. The average molecular weight is 191 g/mol. The van der Waals surface area contributed by atoms with Crippen molar-refractivity contribution in [3.05, 3.63) is 29.8 Å². The first-order valence-corrected chi connectivity index (χ1v) is 5.25. The molecule has 1 aliphatic rings. The molecule has 1 aromatic rings. The molecular weight excluding hydrogens is 174 g/mol. The van der Waals surface area contributed by atoms with E-state index in [-0.39, 0.29) is 0 Å². The summed E-state index contributed by atoms with van der Waals surface area (Å²) in [4.78, 5) is 0. The summed E-state index contributed by atoms with van der Waals surface area (Å²) < 4.78 is 5.64. The van der Waals surface area contributed by atoms with E-state index in [0.717, 1.165) is 31.4 Å². The maximum Gasteiger partial charge on any atom is 0.119 e. The lowest BCUT2D eigenvalue weighted by Gasteiger charge is -2.26. The predicted octanol–water partition coefficient (Wildman–Crippen LogP) is 1.98. The molecule has 0 atom stereocenters. The minimum Gasteiger partial charge on any atom is -0.494 e. The summed E-state index contributed by atoms with van der Waals surface area (Å²) in [5.74, 6) is 1.82. The molecule has 0 saturated carbocycles. The van der Waals surface area contributed by atoms with Crippen LogP contribution in [0.5, 0.6) is 5.75 Å². The highest BCUT2D eigenvalue weighted by Crippen LogP contribution is 2.13. The molecule has 2 heteroatoms. The van der Waals surface area contributed by atoms with Crippen LogP contribution in [0.1, 0.15) is 12.0 Å². The molecule has 0 unspecified atom stereocenters. The second-order valence-electron chi connectivity index (χ2n) is 3.97. The van der Waals surface area contributed by atoms with Gasteiger partial charge in [0.05, 0.1) is 6.61 Å². The fraction of sp³-hybridized carbons (Fsp3) is 0.500. The first-order valence-electron chi connectivity index (χ1n) is 5.25. The van der Waals surface area contributed by atoms with Gasteiger partial charge < -0.3 is 10.1 Å². The monoisotopic (exact) mass is 191 g/mol. The molecule has 0 aromatic heterocycles. The van der Waals surface area contributed by atoms with Gasteiger partial charge in [0.25, 0.3) is 0 Å². The van der Waals surface area contributed by atoms with Crippen LogP contribution in [0, 0.1) is 12.8 Å². The Hall–Kier alpha value is -1.02. The lowest BCUT2D eigenvalue weighted by Crippen LogP contribution is -2.42. The molecule has 14 heavy (non-hydrogen) atoms. The van der Waals surface area contributed by atoms with Crippen LogP contribution in [-0.4, -0.2) is 19.7 Å². The zero-order valence-corrected chi connectivity index (χ0v) is 8.62. The van der Waals surface area contributed by atoms with Crippen molar-refractivity contribution < 1.29 is 4.74 Å². The van der Waals surface area contributed by atoms with Crippen LogP contribution in [0.4, 0.5) is 0 Å². The van der Waals surface area contributed by atoms with E-state index in [4.69, 9.17) is 4.74 Å². The van der Waals surface area contributed by atoms with Crippen molar-refractivity contribution in [1.29, 1.82) is 0 Å². The summed E-state index contributed by atoms with van der Waals surface area (Å²) in [7, 11) is 0. The molecule has 0 aliphatic carbocycles. The molecular formula is C12H17NO. The second kappa shape index (κ2) is 4.47. The van der Waals surface area contributed by atoms with Crippen molar-refractivity contribution in [2.75, 3.05) is 19.7 Å². The Morgan fingerprint density at radius 3 is 2.57 bits per heavy atom. The minimum absolute atomic E-state index is 0.834. The van der Waals surface area contributed by atoms with Crippen LogP contribution in [-0.2, 0) is 0 Å². The number of ether oxygens (including phenoxy) is 1. The summed E-state index contributed by atoms with van der Waals surface area (Å²) in [5.41, 5.74) is 1.28. The largest absolute Gasteiger partial charge is 0.494 e. The van der Waals surface area contributed by atoms with Gasteiger partial charge in [-0.1, -0.05) is 17.7 Å². The van der Waals surface area contributed by atoms with Crippen LogP contribution in [0.25, 0.3) is 0 Å². The number of benzene rings is 1. The third-order valence-corrected chi connectivity index (χ3v) is 2.68. The molecule has 0 amide bonds. The molecule has 1 saturated heterocycles. The van der Waals surface area contributed by atoms with Gasteiger partial charge in [-0.3, -0.25) is 0 Å². The normalized spacial score (nSPS) is 16.4. The van der Waals surface area contributed by atoms with E-state index < -0.39 is 0 Å². The van der Waals surface area contributed by atoms with Gasteiger partial charge in [-0.15, -0.1) is 0 Å². The topological polar surface area (TPSA) is 21.3 Å². The second-order valence-corrected chi connectivity index (χ2v) is 3.97. The maximum atomic E-state index is 5.64. The summed E-state index contributed by atoms with van der Waals surface area (Å²) in [6, 6.07) is 8.24. The van der Waals surface area contributed by atoms with Gasteiger partial charge >= 0.3 is 0 Å². The van der Waals surface area contributed by atoms with Gasteiger partial charge in [0.15, 0.2) is 0 Å². The Balaban J connectivity index is 1.71. The standard InChI is InChI=1S/C12H17NO/c1-10-2-4-12(5-3-10)14-7-6-11-8-13-9-11/h2-5,11,13H,6-9H2,1H3. The Kier molecular flexibility index (Phi) is 3.04. The first kappa shape index (κ1) is 9.53. The van der Waals surface area contributed by atoms with Crippen LogP contribution >= 0.6 is 0 Å². The van der Waals surface area contributed by atoms with Gasteiger partial charge in [0.2, 0.25) is 0 Å². The number of rotatable bonds is 4. The highest BCUT2D eigenvalue weighted by Gasteiger charge is 2.15. The van der Waals surface area contributed by atoms with Gasteiger partial charge in [-0.2, -0.15) is 0 Å². The minimum atomic E-state index is 0.834. The van der Waals surface area contributed by atoms with Gasteiger partial charge in [0, 0.05) is 0 Å². The predicted molar refractivity (Wildman–Crippen MR) is 57.7 cm³/mol. The van der Waals surface area contributed by atoms with Gasteiger partial charge in [-0.25, -0.2) is 0 Å². The van der Waals surface area contributed by atoms with E-state index in [1.807, 2.05) is 12.1 Å². The third-order valence-electron chi connectivity index (χ3n) is 2.68. The summed E-state index contributed by atoms with van der Waals surface area (Å²) in [6.45, 7) is 5.26. The van der Waals surface area contributed by atoms with Crippen molar-refractivity contribution in [3.63, 3.8) is 0 Å². The number of nitrogens with one attached hydrogen (secondary N) is 1. The highest BCUT2D eigenvalue weighted by molar-refractivity contribution is 5.26. The molecule has 2 nitrogen and oxygen atoms in total. The number of hydrogen-bond acceptors (Lipinski definition) is 2. The summed E-state index contributed by atoms with van der Waals surface area (Å²) in [6.07, 6.45) is 1.17. The first-order chi connectivity index (χ1) is 6.84. The molecule has 1 fully saturated rings. The molecule has 2 rings (SSSR count). The Morgan fingerprint density at radius 2 is 2.00 bits per heavy atom. The highest BCUT2D eigenvalue weighted by atomic mass is 16.5. The van der Waals surface area contributed by atoms with Gasteiger partial charge in [-0.05, 0) is 44.5 Å². The van der Waals surface area contributed by atoms with Crippen molar-refractivity contribution >= 4 is 0 Å². The van der Waals surface area contributed by atoms with E-state index >= 15 is 0 Å². The van der Waals surface area contributed by atoms with Gasteiger partial charge in [0.1, 0.15) is 5.75 Å². The van der Waals surface area contributed by atoms with E-state index in [0.29, 0.717) is 0 Å². The fourth-order valence-electron chi connectivity index (χ4n) is 1.53. The van der Waals surface area contributed by atoms with Crippen molar-refractivity contribution in [1.82, 2.24) is 5.32 Å². The zero-order chi connectivity index (χ0) is 9.80. The molecule has 1 aliphatic heterocycles. The van der Waals surface area contributed by atoms with Crippen molar-refractivity contribution in [2.24, 2.45) is 5.92 Å². The Bertz CT molecular complexity index is 277. The third kappa shape index (κ3) is 2.48. The lowest BCUT2D eigenvalue weighted by atomic mass is 10.0. The molecule has 0 bridgehead atoms. The molecule has 76 valence electrons. The lowest BCUT2D eigenvalue weighted by molar-refractivity contribution is 0.238. The SMILES string of the molecule is Cc1ccc(OCCC2CNC2)cc1. The van der Waals surface area contributed by atoms with Crippen molar-refractivity contribution in [3.8, 4) is 5.75 Å². The van der Waals surface area contributed by atoms with Crippen LogP contribution in [0.15, 0.2) is 24.3 Å². The fourth-order valence-corrected chi connectivity index (χ4v) is 1.53. The van der Waals surface area contributed by atoms with E-state index in [1.54, 1.807) is 0 Å². The number of aryl methyl sites for hydroxylation is 1. The number of hydrogen-bond donors (Lipinski definition) is 1. The quantitative estimate of drug-likeness (QED) is 0.785. The van der Waals surface area contributed by atoms with Crippen LogP contribution in [0.2, 0.25) is 0 Å². The Labute approximate surface area is 85.3 Å². The molecule has 0 spiro atoms. The molecule has 1 heterocycles. The van der Waals surface area contributed by atoms with Crippen LogP contribution < -0.4 is 10.1 Å². The van der Waals surface area contributed by atoms with Crippen molar-refractivity contribution in [2.45, 2.75) is 13.3 Å². The van der Waals surface area contributed by atoms with Crippen LogP contribution in [0.3, 0.4) is 0 Å². The zero-order valence-electron chi connectivity index (χ0n) is 8.62. The molecule has 0 radical (unpaired) electrons. The van der Waals surface area contributed by atoms with E-state index in [9.17, 15) is 0 Å². The molecule has 1 N–H and O–H groups in total. The Morgan fingerprint density at radius 1 is 1.29 bits per heavy atom. The summed E-state index contributed by atoms with van der Waals surface area (Å²) in [5, 5.41) is 3.26. The average Bonchev–Trinajstić information content (AvgIpc) is 2.12. The van der Waals surface area contributed by atoms with E-state index in [2.05, 4.69) is 24.4 Å². The van der Waals surface area contributed by atoms with E-state index in [1.165, 1.54) is 12.0 Å². The smallest absolute Gasteiger partial charge is 0.119 e. The maximum absolute atomic E-state index is 5.64.